The van der Waals surface area contributed by atoms with Crippen molar-refractivity contribution in [3.05, 3.63) is 35.4 Å². The van der Waals surface area contributed by atoms with Crippen LogP contribution < -0.4 is 14.8 Å². The Morgan fingerprint density at radius 1 is 1.14 bits per heavy atom. The summed E-state index contributed by atoms with van der Waals surface area (Å²) in [7, 11) is 3.00. The third kappa shape index (κ3) is 3.43. The van der Waals surface area contributed by atoms with Crippen LogP contribution >= 0.6 is 0 Å². The minimum atomic E-state index is -0.621. The molecule has 116 valence electrons. The van der Waals surface area contributed by atoms with Crippen LogP contribution in [-0.2, 0) is 25.7 Å². The first-order valence-electron chi connectivity index (χ1n) is 6.46. The van der Waals surface area contributed by atoms with Gasteiger partial charge in [0.2, 0.25) is 0 Å². The summed E-state index contributed by atoms with van der Waals surface area (Å²) in [6.45, 7) is -0.0606. The number of ether oxygens (including phenoxy) is 3. The standard InChI is InChI=1S/C15H15NO6/c1-20-11-4-3-5-12(21-2)10(11)8-22-14(18)7-9-6-13(17)16-15(9)19/h3-6H,7-8H2,1-2H3,(H,16,17,19). The van der Waals surface area contributed by atoms with Gasteiger partial charge in [-0.05, 0) is 12.1 Å². The highest BCUT2D eigenvalue weighted by Crippen LogP contribution is 2.29. The highest BCUT2D eigenvalue weighted by atomic mass is 16.5. The van der Waals surface area contributed by atoms with Crippen LogP contribution in [0.5, 0.6) is 11.5 Å². The highest BCUT2D eigenvalue weighted by Gasteiger charge is 2.23. The van der Waals surface area contributed by atoms with Gasteiger partial charge in [-0.1, -0.05) is 6.07 Å². The molecule has 0 saturated carbocycles. The third-order valence-electron chi connectivity index (χ3n) is 3.08. The van der Waals surface area contributed by atoms with Crippen molar-refractivity contribution in [3.8, 4) is 11.5 Å². The maximum absolute atomic E-state index is 11.8. The van der Waals surface area contributed by atoms with E-state index in [-0.39, 0.29) is 18.6 Å². The van der Waals surface area contributed by atoms with Crippen molar-refractivity contribution in [2.24, 2.45) is 0 Å². The second-order valence-electron chi connectivity index (χ2n) is 4.47. The molecule has 1 heterocycles. The van der Waals surface area contributed by atoms with E-state index >= 15 is 0 Å². The second kappa shape index (κ2) is 6.75. The summed E-state index contributed by atoms with van der Waals surface area (Å²) in [6, 6.07) is 5.19. The number of amides is 2. The number of benzene rings is 1. The predicted octanol–water partition coefficient (Wildman–Crippen LogP) is 0.720. The van der Waals surface area contributed by atoms with Crippen LogP contribution in [0, 0.1) is 0 Å². The van der Waals surface area contributed by atoms with Gasteiger partial charge in [-0.3, -0.25) is 19.7 Å². The van der Waals surface area contributed by atoms with Crippen LogP contribution in [0.2, 0.25) is 0 Å². The van der Waals surface area contributed by atoms with E-state index < -0.39 is 17.8 Å². The number of methoxy groups -OCH3 is 2. The monoisotopic (exact) mass is 305 g/mol. The number of hydrogen-bond acceptors (Lipinski definition) is 6. The van der Waals surface area contributed by atoms with Gasteiger partial charge in [0.15, 0.2) is 0 Å². The summed E-state index contributed by atoms with van der Waals surface area (Å²) < 4.78 is 15.5. The Hall–Kier alpha value is -2.83. The molecule has 1 aliphatic rings. The summed E-state index contributed by atoms with van der Waals surface area (Å²) in [6.07, 6.45) is 0.822. The number of esters is 1. The fourth-order valence-corrected chi connectivity index (χ4v) is 2.01. The number of imide groups is 1. The second-order valence-corrected chi connectivity index (χ2v) is 4.47. The zero-order valence-corrected chi connectivity index (χ0v) is 12.2. The van der Waals surface area contributed by atoms with Crippen molar-refractivity contribution < 1.29 is 28.6 Å². The van der Waals surface area contributed by atoms with Gasteiger partial charge in [-0.2, -0.15) is 0 Å². The number of carbonyl (C=O) groups is 3. The van der Waals surface area contributed by atoms with Crippen molar-refractivity contribution in [2.45, 2.75) is 13.0 Å². The van der Waals surface area contributed by atoms with Crippen molar-refractivity contribution in [1.29, 1.82) is 0 Å². The SMILES string of the molecule is COc1cccc(OC)c1COC(=O)CC1=CC(=O)NC1=O. The minimum absolute atomic E-state index is 0.0606. The lowest BCUT2D eigenvalue weighted by atomic mass is 10.2. The molecule has 1 aromatic carbocycles. The Balaban J connectivity index is 2.01. The van der Waals surface area contributed by atoms with Crippen LogP contribution in [0.3, 0.4) is 0 Å². The molecule has 0 radical (unpaired) electrons. The molecule has 0 spiro atoms. The molecule has 0 fully saturated rings. The molecule has 0 aromatic heterocycles. The van der Waals surface area contributed by atoms with Crippen LogP contribution in [0.1, 0.15) is 12.0 Å². The average molecular weight is 305 g/mol. The largest absolute Gasteiger partial charge is 0.496 e. The molecule has 7 heteroatoms. The molecule has 7 nitrogen and oxygen atoms in total. The summed E-state index contributed by atoms with van der Waals surface area (Å²) in [5.41, 5.74) is 0.670. The molecule has 0 atom stereocenters. The Morgan fingerprint density at radius 2 is 1.77 bits per heavy atom. The molecular formula is C15H15NO6. The average Bonchev–Trinajstić information content (AvgIpc) is 2.82. The van der Waals surface area contributed by atoms with E-state index in [4.69, 9.17) is 14.2 Å². The topological polar surface area (TPSA) is 90.9 Å². The summed E-state index contributed by atoms with van der Waals surface area (Å²) in [4.78, 5) is 34.1. The van der Waals surface area contributed by atoms with Crippen molar-refractivity contribution in [2.75, 3.05) is 14.2 Å². The van der Waals surface area contributed by atoms with Crippen LogP contribution in [0.4, 0.5) is 0 Å². The first-order valence-corrected chi connectivity index (χ1v) is 6.46. The first kappa shape index (κ1) is 15.6. The first-order chi connectivity index (χ1) is 10.5. The maximum atomic E-state index is 11.8. The van der Waals surface area contributed by atoms with E-state index in [1.165, 1.54) is 14.2 Å². The van der Waals surface area contributed by atoms with Gasteiger partial charge in [-0.15, -0.1) is 0 Å². The number of rotatable bonds is 6. The van der Waals surface area contributed by atoms with E-state index in [1.54, 1.807) is 18.2 Å². The molecule has 0 bridgehead atoms. The Labute approximate surface area is 126 Å². The number of carbonyl (C=O) groups excluding carboxylic acids is 3. The number of nitrogens with one attached hydrogen (secondary N) is 1. The zero-order valence-electron chi connectivity index (χ0n) is 12.2. The number of hydrogen-bond donors (Lipinski definition) is 1. The molecule has 2 amide bonds. The van der Waals surface area contributed by atoms with Gasteiger partial charge >= 0.3 is 5.97 Å². The van der Waals surface area contributed by atoms with E-state index in [9.17, 15) is 14.4 Å². The Kier molecular flexibility index (Phi) is 4.77. The molecular weight excluding hydrogens is 290 g/mol. The quantitative estimate of drug-likeness (QED) is 0.615. The molecule has 0 unspecified atom stereocenters. The van der Waals surface area contributed by atoms with Gasteiger partial charge in [-0.25, -0.2) is 0 Å². The molecule has 1 N–H and O–H groups in total. The van der Waals surface area contributed by atoms with E-state index in [2.05, 4.69) is 5.32 Å². The van der Waals surface area contributed by atoms with Crippen LogP contribution in [-0.4, -0.2) is 32.0 Å². The van der Waals surface area contributed by atoms with Gasteiger partial charge in [0.25, 0.3) is 11.8 Å². The third-order valence-corrected chi connectivity index (χ3v) is 3.08. The summed E-state index contributed by atoms with van der Waals surface area (Å²) in [5.74, 6) is -0.666. The van der Waals surface area contributed by atoms with Crippen molar-refractivity contribution in [1.82, 2.24) is 5.32 Å². The Morgan fingerprint density at radius 3 is 2.27 bits per heavy atom. The molecule has 2 rings (SSSR count). The van der Waals surface area contributed by atoms with Gasteiger partial charge in [0.05, 0.1) is 26.2 Å². The van der Waals surface area contributed by atoms with Crippen LogP contribution in [0.25, 0.3) is 0 Å². The lowest BCUT2D eigenvalue weighted by Crippen LogP contribution is -2.23. The molecule has 0 aliphatic carbocycles. The fourth-order valence-electron chi connectivity index (χ4n) is 2.01. The van der Waals surface area contributed by atoms with Gasteiger partial charge in [0, 0.05) is 11.6 Å². The predicted molar refractivity (Wildman–Crippen MR) is 75.2 cm³/mol. The normalized spacial score (nSPS) is 13.5. The molecule has 1 aromatic rings. The van der Waals surface area contributed by atoms with Crippen molar-refractivity contribution in [3.63, 3.8) is 0 Å². The maximum Gasteiger partial charge on any atom is 0.310 e. The minimum Gasteiger partial charge on any atom is -0.496 e. The molecule has 22 heavy (non-hydrogen) atoms. The van der Waals surface area contributed by atoms with E-state index in [0.29, 0.717) is 17.1 Å². The summed E-state index contributed by atoms with van der Waals surface area (Å²) >= 11 is 0. The summed E-state index contributed by atoms with van der Waals surface area (Å²) in [5, 5.41) is 2.06. The Bertz CT molecular complexity index is 627. The van der Waals surface area contributed by atoms with E-state index in [1.807, 2.05) is 0 Å². The molecule has 0 saturated heterocycles. The van der Waals surface area contributed by atoms with Gasteiger partial charge < -0.3 is 14.2 Å². The molecule has 1 aliphatic heterocycles. The lowest BCUT2D eigenvalue weighted by molar-refractivity contribution is -0.144. The van der Waals surface area contributed by atoms with E-state index in [0.717, 1.165) is 6.08 Å². The van der Waals surface area contributed by atoms with Gasteiger partial charge in [0.1, 0.15) is 18.1 Å². The fraction of sp³-hybridized carbons (Fsp3) is 0.267. The zero-order chi connectivity index (χ0) is 16.1. The highest BCUT2D eigenvalue weighted by molar-refractivity contribution is 6.17. The lowest BCUT2D eigenvalue weighted by Gasteiger charge is -2.13. The van der Waals surface area contributed by atoms with Crippen molar-refractivity contribution >= 4 is 17.8 Å². The smallest absolute Gasteiger partial charge is 0.310 e. The van der Waals surface area contributed by atoms with Crippen LogP contribution in [0.15, 0.2) is 29.8 Å².